The number of nitrogens with one attached hydrogen (secondary N) is 1. The lowest BCUT2D eigenvalue weighted by molar-refractivity contribution is -0.122. The molecule has 0 unspecified atom stereocenters. The SMILES string of the molecule is CC(C)C(C)(C)CNC(=O)CC1(N)CCCC1. The Labute approximate surface area is 106 Å². The normalized spacial score (nSPS) is 19.6. The molecule has 0 spiro atoms. The van der Waals surface area contributed by atoms with Crippen LogP contribution in [0.1, 0.15) is 59.8 Å². The molecule has 0 aromatic carbocycles. The van der Waals surface area contributed by atoms with Gasteiger partial charge in [-0.1, -0.05) is 40.5 Å². The van der Waals surface area contributed by atoms with Gasteiger partial charge in [0.25, 0.3) is 0 Å². The summed E-state index contributed by atoms with van der Waals surface area (Å²) in [7, 11) is 0. The van der Waals surface area contributed by atoms with E-state index in [2.05, 4.69) is 33.0 Å². The largest absolute Gasteiger partial charge is 0.355 e. The minimum absolute atomic E-state index is 0.114. The van der Waals surface area contributed by atoms with E-state index in [-0.39, 0.29) is 16.9 Å². The zero-order chi connectivity index (χ0) is 13.1. The predicted octanol–water partition coefficient (Wildman–Crippen LogP) is 2.45. The Bertz CT molecular complexity index is 265. The van der Waals surface area contributed by atoms with Crippen molar-refractivity contribution in [1.82, 2.24) is 5.32 Å². The minimum atomic E-state index is -0.230. The molecule has 0 atom stereocenters. The zero-order valence-corrected chi connectivity index (χ0v) is 11.8. The van der Waals surface area contributed by atoms with Gasteiger partial charge in [-0.2, -0.15) is 0 Å². The van der Waals surface area contributed by atoms with Crippen molar-refractivity contribution in [1.29, 1.82) is 0 Å². The van der Waals surface area contributed by atoms with Crippen LogP contribution in [-0.4, -0.2) is 18.0 Å². The zero-order valence-electron chi connectivity index (χ0n) is 11.8. The number of rotatable bonds is 5. The van der Waals surface area contributed by atoms with Crippen molar-refractivity contribution in [3.8, 4) is 0 Å². The van der Waals surface area contributed by atoms with Crippen LogP contribution in [0.4, 0.5) is 0 Å². The molecule has 17 heavy (non-hydrogen) atoms. The summed E-state index contributed by atoms with van der Waals surface area (Å²) in [5.74, 6) is 0.671. The van der Waals surface area contributed by atoms with Gasteiger partial charge in [0.05, 0.1) is 0 Å². The van der Waals surface area contributed by atoms with E-state index in [1.807, 2.05) is 0 Å². The van der Waals surface area contributed by atoms with Crippen molar-refractivity contribution >= 4 is 5.91 Å². The van der Waals surface area contributed by atoms with Crippen molar-refractivity contribution in [2.24, 2.45) is 17.1 Å². The molecule has 1 aliphatic carbocycles. The molecule has 1 rings (SSSR count). The lowest BCUT2D eigenvalue weighted by Gasteiger charge is -2.30. The van der Waals surface area contributed by atoms with Crippen LogP contribution in [0, 0.1) is 11.3 Å². The number of carbonyl (C=O) groups is 1. The third kappa shape index (κ3) is 4.30. The highest BCUT2D eigenvalue weighted by molar-refractivity contribution is 5.77. The maximum Gasteiger partial charge on any atom is 0.221 e. The van der Waals surface area contributed by atoms with Crippen LogP contribution in [0.2, 0.25) is 0 Å². The van der Waals surface area contributed by atoms with Gasteiger partial charge in [0.15, 0.2) is 0 Å². The highest BCUT2D eigenvalue weighted by Gasteiger charge is 2.32. The second-order valence-corrected chi connectivity index (χ2v) is 6.67. The van der Waals surface area contributed by atoms with Gasteiger partial charge in [0.1, 0.15) is 0 Å². The second kappa shape index (κ2) is 5.38. The highest BCUT2D eigenvalue weighted by Crippen LogP contribution is 2.30. The summed E-state index contributed by atoms with van der Waals surface area (Å²) < 4.78 is 0. The quantitative estimate of drug-likeness (QED) is 0.775. The van der Waals surface area contributed by atoms with E-state index in [0.29, 0.717) is 12.3 Å². The number of nitrogens with two attached hydrogens (primary N) is 1. The van der Waals surface area contributed by atoms with Crippen molar-refractivity contribution in [2.45, 2.75) is 65.3 Å². The van der Waals surface area contributed by atoms with Gasteiger partial charge in [-0.05, 0) is 24.2 Å². The van der Waals surface area contributed by atoms with Crippen LogP contribution in [0.15, 0.2) is 0 Å². The van der Waals surface area contributed by atoms with E-state index in [4.69, 9.17) is 5.73 Å². The molecule has 3 heteroatoms. The molecule has 100 valence electrons. The van der Waals surface area contributed by atoms with Crippen LogP contribution in [-0.2, 0) is 4.79 Å². The fourth-order valence-electron chi connectivity index (χ4n) is 2.17. The summed E-state index contributed by atoms with van der Waals surface area (Å²) in [4.78, 5) is 11.9. The number of carbonyl (C=O) groups excluding carboxylic acids is 1. The van der Waals surface area contributed by atoms with E-state index in [9.17, 15) is 4.79 Å². The summed E-state index contributed by atoms with van der Waals surface area (Å²) in [6, 6.07) is 0. The van der Waals surface area contributed by atoms with Crippen LogP contribution in [0.5, 0.6) is 0 Å². The highest BCUT2D eigenvalue weighted by atomic mass is 16.1. The van der Waals surface area contributed by atoms with Gasteiger partial charge in [0, 0.05) is 18.5 Å². The molecule has 1 amide bonds. The average Bonchev–Trinajstić information content (AvgIpc) is 2.62. The van der Waals surface area contributed by atoms with Crippen LogP contribution >= 0.6 is 0 Å². The molecule has 1 aliphatic rings. The predicted molar refractivity (Wildman–Crippen MR) is 71.6 cm³/mol. The van der Waals surface area contributed by atoms with Crippen LogP contribution in [0.25, 0.3) is 0 Å². The third-order valence-corrected chi connectivity index (χ3v) is 4.42. The Kier molecular flexibility index (Phi) is 4.59. The van der Waals surface area contributed by atoms with Gasteiger partial charge in [0.2, 0.25) is 5.91 Å². The van der Waals surface area contributed by atoms with Gasteiger partial charge >= 0.3 is 0 Å². The van der Waals surface area contributed by atoms with Crippen molar-refractivity contribution in [2.75, 3.05) is 6.54 Å². The molecular formula is C14H28N2O. The molecule has 0 aromatic rings. The van der Waals surface area contributed by atoms with Gasteiger partial charge < -0.3 is 11.1 Å². The van der Waals surface area contributed by atoms with Crippen molar-refractivity contribution in [3.63, 3.8) is 0 Å². The Morgan fingerprint density at radius 2 is 1.88 bits per heavy atom. The maximum atomic E-state index is 11.9. The molecule has 0 heterocycles. The lowest BCUT2D eigenvalue weighted by atomic mass is 9.81. The van der Waals surface area contributed by atoms with E-state index < -0.39 is 0 Å². The van der Waals surface area contributed by atoms with E-state index in [1.165, 1.54) is 12.8 Å². The first kappa shape index (κ1) is 14.5. The number of hydrogen-bond acceptors (Lipinski definition) is 2. The smallest absolute Gasteiger partial charge is 0.221 e. The monoisotopic (exact) mass is 240 g/mol. The molecule has 3 nitrogen and oxygen atoms in total. The first-order valence-electron chi connectivity index (χ1n) is 6.81. The molecule has 3 N–H and O–H groups in total. The summed E-state index contributed by atoms with van der Waals surface area (Å²) >= 11 is 0. The molecule has 0 aliphatic heterocycles. The summed E-state index contributed by atoms with van der Waals surface area (Å²) in [5.41, 5.74) is 6.11. The minimum Gasteiger partial charge on any atom is -0.355 e. The standard InChI is InChI=1S/C14H28N2O/c1-11(2)13(3,4)10-16-12(17)9-14(15)7-5-6-8-14/h11H,5-10,15H2,1-4H3,(H,16,17). The van der Waals surface area contributed by atoms with Gasteiger partial charge in [-0.25, -0.2) is 0 Å². The molecule has 0 bridgehead atoms. The number of hydrogen-bond donors (Lipinski definition) is 2. The topological polar surface area (TPSA) is 55.1 Å². The summed E-state index contributed by atoms with van der Waals surface area (Å²) in [6.45, 7) is 9.48. The fourth-order valence-corrected chi connectivity index (χ4v) is 2.17. The Morgan fingerprint density at radius 3 is 2.35 bits per heavy atom. The third-order valence-electron chi connectivity index (χ3n) is 4.42. The van der Waals surface area contributed by atoms with Crippen molar-refractivity contribution < 1.29 is 4.79 Å². The van der Waals surface area contributed by atoms with E-state index in [0.717, 1.165) is 19.4 Å². The summed E-state index contributed by atoms with van der Waals surface area (Å²) in [6.07, 6.45) is 4.81. The molecular weight excluding hydrogens is 212 g/mol. The Hall–Kier alpha value is -0.570. The fraction of sp³-hybridized carbons (Fsp3) is 0.929. The van der Waals surface area contributed by atoms with Crippen molar-refractivity contribution in [3.05, 3.63) is 0 Å². The Balaban J connectivity index is 2.35. The molecule has 1 fully saturated rings. The Morgan fingerprint density at radius 1 is 1.35 bits per heavy atom. The van der Waals surface area contributed by atoms with Crippen LogP contribution < -0.4 is 11.1 Å². The lowest BCUT2D eigenvalue weighted by Crippen LogP contribution is -2.44. The van der Waals surface area contributed by atoms with E-state index in [1.54, 1.807) is 0 Å². The molecule has 1 saturated carbocycles. The maximum absolute atomic E-state index is 11.9. The number of amides is 1. The molecule has 0 saturated heterocycles. The molecule has 0 aromatic heterocycles. The average molecular weight is 240 g/mol. The van der Waals surface area contributed by atoms with E-state index >= 15 is 0 Å². The first-order valence-corrected chi connectivity index (χ1v) is 6.81. The first-order chi connectivity index (χ1) is 7.75. The summed E-state index contributed by atoms with van der Waals surface area (Å²) in [5, 5.41) is 3.04. The molecule has 0 radical (unpaired) electrons. The van der Waals surface area contributed by atoms with Gasteiger partial charge in [-0.15, -0.1) is 0 Å². The van der Waals surface area contributed by atoms with Gasteiger partial charge in [-0.3, -0.25) is 4.79 Å². The van der Waals surface area contributed by atoms with Crippen LogP contribution in [0.3, 0.4) is 0 Å². The second-order valence-electron chi connectivity index (χ2n) is 6.67.